The third-order valence-electron chi connectivity index (χ3n) is 5.99. The van der Waals surface area contributed by atoms with Crippen LogP contribution in [0.15, 0.2) is 47.6 Å². The molecule has 27 heavy (non-hydrogen) atoms. The monoisotopic (exact) mass is 368 g/mol. The van der Waals surface area contributed by atoms with Crippen LogP contribution in [0.4, 0.5) is 0 Å². The van der Waals surface area contributed by atoms with Gasteiger partial charge in [-0.3, -0.25) is 4.79 Å². The molecule has 0 aliphatic heterocycles. The van der Waals surface area contributed by atoms with Crippen LogP contribution in [0.25, 0.3) is 0 Å². The van der Waals surface area contributed by atoms with Crippen molar-refractivity contribution >= 4 is 5.97 Å². The van der Waals surface area contributed by atoms with Gasteiger partial charge < -0.3 is 9.47 Å². The molecular formula is C24H32O3. The number of rotatable bonds is 7. The average Bonchev–Trinajstić information content (AvgIpc) is 2.74. The van der Waals surface area contributed by atoms with Gasteiger partial charge in [-0.2, -0.15) is 0 Å². The number of carbonyl (C=O) groups is 1. The summed E-state index contributed by atoms with van der Waals surface area (Å²) < 4.78 is 11.0. The molecule has 0 heterocycles. The van der Waals surface area contributed by atoms with Gasteiger partial charge in [0.1, 0.15) is 5.75 Å². The predicted molar refractivity (Wildman–Crippen MR) is 109 cm³/mol. The van der Waals surface area contributed by atoms with Crippen molar-refractivity contribution in [2.24, 2.45) is 0 Å². The molecule has 3 rings (SSSR count). The second kappa shape index (κ2) is 9.25. The first-order valence-corrected chi connectivity index (χ1v) is 10.4. The first kappa shape index (κ1) is 19.7. The van der Waals surface area contributed by atoms with Gasteiger partial charge in [0.25, 0.3) is 0 Å². The molecule has 146 valence electrons. The lowest BCUT2D eigenvalue weighted by Crippen LogP contribution is -2.39. The quantitative estimate of drug-likeness (QED) is 0.445. The smallest absolute Gasteiger partial charge is 0.316 e. The van der Waals surface area contributed by atoms with Crippen molar-refractivity contribution in [3.63, 3.8) is 0 Å². The van der Waals surface area contributed by atoms with Crippen LogP contribution in [0.1, 0.15) is 70.3 Å². The minimum atomic E-state index is -0.571. The molecule has 3 nitrogen and oxygen atoms in total. The zero-order valence-electron chi connectivity index (χ0n) is 16.8. The fraction of sp³-hybridized carbons (Fsp3) is 0.542. The van der Waals surface area contributed by atoms with E-state index >= 15 is 0 Å². The van der Waals surface area contributed by atoms with Crippen molar-refractivity contribution in [3.8, 4) is 5.75 Å². The highest BCUT2D eigenvalue weighted by atomic mass is 16.5. The zero-order chi connectivity index (χ0) is 19.1. The Morgan fingerprint density at radius 1 is 1.07 bits per heavy atom. The molecule has 1 aromatic carbocycles. The largest absolute Gasteiger partial charge is 0.497 e. The Hall–Kier alpha value is -2.03. The molecule has 1 atom stereocenters. The Kier molecular flexibility index (Phi) is 6.76. The summed E-state index contributed by atoms with van der Waals surface area (Å²) in [5.74, 6) is 0.738. The zero-order valence-corrected chi connectivity index (χ0v) is 16.8. The third kappa shape index (κ3) is 4.45. The topological polar surface area (TPSA) is 35.5 Å². The van der Waals surface area contributed by atoms with Crippen molar-refractivity contribution in [2.75, 3.05) is 13.7 Å². The van der Waals surface area contributed by atoms with Gasteiger partial charge in [0.2, 0.25) is 0 Å². The third-order valence-corrected chi connectivity index (χ3v) is 5.99. The van der Waals surface area contributed by atoms with E-state index in [0.717, 1.165) is 43.4 Å². The lowest BCUT2D eigenvalue weighted by molar-refractivity contribution is -0.151. The van der Waals surface area contributed by atoms with E-state index in [1.54, 1.807) is 7.11 Å². The van der Waals surface area contributed by atoms with Gasteiger partial charge in [-0.05, 0) is 80.2 Å². The Balaban J connectivity index is 1.85. The number of ether oxygens (including phenoxy) is 2. The van der Waals surface area contributed by atoms with E-state index in [9.17, 15) is 4.79 Å². The highest BCUT2D eigenvalue weighted by Crippen LogP contribution is 2.43. The molecule has 1 aromatic rings. The Labute approximate surface area is 163 Å². The maximum absolute atomic E-state index is 13.1. The van der Waals surface area contributed by atoms with E-state index in [-0.39, 0.29) is 5.97 Å². The number of allylic oxidation sites excluding steroid dienone is 4. The Morgan fingerprint density at radius 3 is 2.44 bits per heavy atom. The van der Waals surface area contributed by atoms with E-state index in [1.165, 1.54) is 36.8 Å². The van der Waals surface area contributed by atoms with Crippen LogP contribution in [0, 0.1) is 0 Å². The molecule has 0 saturated carbocycles. The maximum atomic E-state index is 13.1. The summed E-state index contributed by atoms with van der Waals surface area (Å²) in [7, 11) is 1.66. The van der Waals surface area contributed by atoms with Crippen LogP contribution >= 0.6 is 0 Å². The van der Waals surface area contributed by atoms with E-state index < -0.39 is 5.41 Å². The normalized spacial score (nSPS) is 22.6. The predicted octanol–water partition coefficient (Wildman–Crippen LogP) is 5.89. The molecule has 3 heteroatoms. The second-order valence-corrected chi connectivity index (χ2v) is 7.71. The molecule has 0 bridgehead atoms. The van der Waals surface area contributed by atoms with Crippen molar-refractivity contribution in [1.82, 2.24) is 0 Å². The van der Waals surface area contributed by atoms with Crippen LogP contribution in [0.2, 0.25) is 0 Å². The van der Waals surface area contributed by atoms with Crippen molar-refractivity contribution < 1.29 is 14.3 Å². The lowest BCUT2D eigenvalue weighted by Gasteiger charge is -2.35. The second-order valence-electron chi connectivity index (χ2n) is 7.71. The molecule has 2 aliphatic rings. The summed E-state index contributed by atoms with van der Waals surface area (Å²) >= 11 is 0. The fourth-order valence-corrected chi connectivity index (χ4v) is 4.19. The van der Waals surface area contributed by atoms with Gasteiger partial charge in [0, 0.05) is 0 Å². The number of unbranched alkanes of at least 4 members (excludes halogenated alkanes) is 1. The van der Waals surface area contributed by atoms with Gasteiger partial charge in [-0.1, -0.05) is 37.6 Å². The van der Waals surface area contributed by atoms with E-state index in [0.29, 0.717) is 6.61 Å². The minimum Gasteiger partial charge on any atom is -0.497 e. The van der Waals surface area contributed by atoms with Gasteiger partial charge >= 0.3 is 5.97 Å². The molecule has 2 aliphatic carbocycles. The highest BCUT2D eigenvalue weighted by molar-refractivity contribution is 5.84. The summed E-state index contributed by atoms with van der Waals surface area (Å²) in [6, 6.07) is 7.94. The van der Waals surface area contributed by atoms with Gasteiger partial charge in [-0.25, -0.2) is 0 Å². The minimum absolute atomic E-state index is 0.0750. The fourth-order valence-electron chi connectivity index (χ4n) is 4.19. The first-order chi connectivity index (χ1) is 13.2. The van der Waals surface area contributed by atoms with Crippen LogP contribution in [-0.4, -0.2) is 19.7 Å². The van der Waals surface area contributed by atoms with Gasteiger partial charge in [0.05, 0.1) is 19.1 Å². The molecule has 0 aromatic heterocycles. The molecule has 0 saturated heterocycles. The van der Waals surface area contributed by atoms with Gasteiger partial charge in [0.15, 0.2) is 0 Å². The first-order valence-electron chi connectivity index (χ1n) is 10.4. The molecule has 0 amide bonds. The number of benzene rings is 1. The van der Waals surface area contributed by atoms with Gasteiger partial charge in [-0.15, -0.1) is 0 Å². The number of hydrogen-bond acceptors (Lipinski definition) is 3. The number of esters is 1. The Bertz CT molecular complexity index is 699. The van der Waals surface area contributed by atoms with Crippen LogP contribution in [0.3, 0.4) is 0 Å². The van der Waals surface area contributed by atoms with E-state index in [2.05, 4.69) is 19.1 Å². The molecule has 0 fully saturated rings. The Morgan fingerprint density at radius 2 is 1.85 bits per heavy atom. The van der Waals surface area contributed by atoms with Crippen molar-refractivity contribution in [1.29, 1.82) is 0 Å². The summed E-state index contributed by atoms with van der Waals surface area (Å²) in [5, 5.41) is 0. The van der Waals surface area contributed by atoms with E-state index in [1.807, 2.05) is 24.3 Å². The molecule has 0 spiro atoms. The van der Waals surface area contributed by atoms with Crippen LogP contribution < -0.4 is 4.74 Å². The molecule has 1 unspecified atom stereocenters. The van der Waals surface area contributed by atoms with Crippen molar-refractivity contribution in [3.05, 3.63) is 53.1 Å². The summed E-state index contributed by atoms with van der Waals surface area (Å²) in [6.45, 7) is 2.62. The molecule has 0 radical (unpaired) electrons. The summed E-state index contributed by atoms with van der Waals surface area (Å²) in [6.07, 6.45) is 14.1. The van der Waals surface area contributed by atoms with Crippen LogP contribution in [-0.2, 0) is 14.9 Å². The number of hydrogen-bond donors (Lipinski definition) is 0. The lowest BCUT2D eigenvalue weighted by atomic mass is 9.69. The average molecular weight is 369 g/mol. The maximum Gasteiger partial charge on any atom is 0.316 e. The summed E-state index contributed by atoms with van der Waals surface area (Å²) in [4.78, 5) is 13.1. The van der Waals surface area contributed by atoms with Crippen LogP contribution in [0.5, 0.6) is 5.75 Å². The van der Waals surface area contributed by atoms with Crippen molar-refractivity contribution in [2.45, 2.75) is 70.1 Å². The van der Waals surface area contributed by atoms with E-state index in [4.69, 9.17) is 9.47 Å². The molecular weight excluding hydrogens is 336 g/mol. The summed E-state index contributed by atoms with van der Waals surface area (Å²) in [5.41, 5.74) is 3.42. The molecule has 0 N–H and O–H groups in total. The number of methoxy groups -OCH3 is 1. The SMILES string of the molecule is CCCCOC(=O)C1(c2ccc(OC)cc2)CC=C(C2=CCCCC2)CC1. The highest BCUT2D eigenvalue weighted by Gasteiger charge is 2.42. The number of carbonyl (C=O) groups excluding carboxylic acids is 1. The standard InChI is InChI=1S/C24H32O3/c1-3-4-18-27-23(25)24(21-10-12-22(26-2)13-11-21)16-14-20(15-17-24)19-8-6-5-7-9-19/h8,10-14H,3-7,9,15-18H2,1-2H3.